The summed E-state index contributed by atoms with van der Waals surface area (Å²) in [6.45, 7) is 2.25. The maximum atomic E-state index is 13.7. The average Bonchev–Trinajstić information content (AvgIpc) is 3.24. The summed E-state index contributed by atoms with van der Waals surface area (Å²) in [6.07, 6.45) is 7.54. The minimum Gasteiger partial charge on any atom is -0.395 e. The second-order valence-electron chi connectivity index (χ2n) is 8.50. The quantitative estimate of drug-likeness (QED) is 0.582. The second kappa shape index (κ2) is 9.30. The molecule has 1 fully saturated rings. The Morgan fingerprint density at radius 1 is 1.25 bits per heavy atom. The number of imidazole rings is 1. The van der Waals surface area contributed by atoms with Gasteiger partial charge in [0.1, 0.15) is 17.2 Å². The summed E-state index contributed by atoms with van der Waals surface area (Å²) in [6, 6.07) is 4.82. The number of aromatic nitrogens is 4. The van der Waals surface area contributed by atoms with Crippen LogP contribution in [-0.4, -0.2) is 66.7 Å². The van der Waals surface area contributed by atoms with Gasteiger partial charge < -0.3 is 15.1 Å². The van der Waals surface area contributed by atoms with Crippen molar-refractivity contribution in [3.8, 4) is 11.5 Å². The van der Waals surface area contributed by atoms with Crippen molar-refractivity contribution in [2.45, 2.75) is 32.6 Å². The van der Waals surface area contributed by atoms with E-state index in [-0.39, 0.29) is 30.9 Å². The van der Waals surface area contributed by atoms with Gasteiger partial charge in [0.05, 0.1) is 24.8 Å². The molecule has 8 nitrogen and oxygen atoms in total. The van der Waals surface area contributed by atoms with Gasteiger partial charge in [-0.2, -0.15) is 0 Å². The van der Waals surface area contributed by atoms with Gasteiger partial charge in [-0.05, 0) is 49.8 Å². The summed E-state index contributed by atoms with van der Waals surface area (Å²) in [5.74, 6) is 0.122. The molecule has 0 radical (unpaired) electrons. The van der Waals surface area contributed by atoms with E-state index in [2.05, 4.69) is 15.0 Å². The topological polar surface area (TPSA) is 104 Å². The molecule has 0 unspecified atom stereocenters. The molecule has 0 saturated carbocycles. The molecule has 4 heterocycles. The number of hydrogen-bond acceptors (Lipinski definition) is 6. The standard InChI is InChI=1S/C23H28FN5O3/c1-2-23(14-30,15-31)22(32)28-9-3-4-16(12-28)10-18-7-8-25-21(27-18)19-11-26-20-6-5-17(24)13-29(19)20/h5-8,11,13,16,30-31H,2-4,9-10,12,14-15H2,1H3/t16-/m0/s1. The number of halogens is 1. The smallest absolute Gasteiger partial charge is 0.233 e. The molecular formula is C23H28FN5O3. The zero-order valence-electron chi connectivity index (χ0n) is 18.1. The molecule has 0 aliphatic carbocycles. The molecule has 3 aromatic heterocycles. The highest BCUT2D eigenvalue weighted by atomic mass is 19.1. The summed E-state index contributed by atoms with van der Waals surface area (Å²) in [4.78, 5) is 28.1. The maximum absolute atomic E-state index is 13.7. The summed E-state index contributed by atoms with van der Waals surface area (Å²) in [5, 5.41) is 19.5. The molecule has 1 saturated heterocycles. The third-order valence-corrected chi connectivity index (χ3v) is 6.45. The Kier molecular flexibility index (Phi) is 6.48. The molecule has 170 valence electrons. The van der Waals surface area contributed by atoms with E-state index in [0.29, 0.717) is 43.1 Å². The van der Waals surface area contributed by atoms with Crippen molar-refractivity contribution < 1.29 is 19.4 Å². The van der Waals surface area contributed by atoms with E-state index in [9.17, 15) is 19.4 Å². The predicted octanol–water partition coefficient (Wildman–Crippen LogP) is 2.09. The lowest BCUT2D eigenvalue weighted by molar-refractivity contribution is -0.150. The van der Waals surface area contributed by atoms with Crippen molar-refractivity contribution in [2.75, 3.05) is 26.3 Å². The van der Waals surface area contributed by atoms with Crippen LogP contribution >= 0.6 is 0 Å². The minimum atomic E-state index is -1.12. The molecule has 0 aromatic carbocycles. The van der Waals surface area contributed by atoms with E-state index in [4.69, 9.17) is 0 Å². The van der Waals surface area contributed by atoms with Gasteiger partial charge in [-0.15, -0.1) is 0 Å². The van der Waals surface area contributed by atoms with Crippen LogP contribution in [0.5, 0.6) is 0 Å². The lowest BCUT2D eigenvalue weighted by Gasteiger charge is -2.38. The van der Waals surface area contributed by atoms with Gasteiger partial charge in [-0.3, -0.25) is 9.20 Å². The van der Waals surface area contributed by atoms with Crippen molar-refractivity contribution >= 4 is 11.6 Å². The Balaban J connectivity index is 1.51. The van der Waals surface area contributed by atoms with Crippen LogP contribution in [0.4, 0.5) is 4.39 Å². The van der Waals surface area contributed by atoms with Crippen LogP contribution in [0.25, 0.3) is 17.2 Å². The zero-order valence-corrected chi connectivity index (χ0v) is 18.1. The van der Waals surface area contributed by atoms with E-state index in [1.165, 1.54) is 12.3 Å². The zero-order chi connectivity index (χ0) is 22.7. The number of fused-ring (bicyclic) bond motifs is 1. The van der Waals surface area contributed by atoms with Gasteiger partial charge in [0.15, 0.2) is 5.82 Å². The number of aliphatic hydroxyl groups excluding tert-OH is 2. The van der Waals surface area contributed by atoms with E-state index >= 15 is 0 Å². The number of hydrogen-bond donors (Lipinski definition) is 2. The number of likely N-dealkylation sites (tertiary alicyclic amines) is 1. The van der Waals surface area contributed by atoms with Crippen LogP contribution in [0.2, 0.25) is 0 Å². The Hall–Kier alpha value is -2.91. The van der Waals surface area contributed by atoms with Crippen LogP contribution < -0.4 is 0 Å². The van der Waals surface area contributed by atoms with Crippen molar-refractivity contribution in [3.05, 3.63) is 48.3 Å². The van der Waals surface area contributed by atoms with Gasteiger partial charge in [-0.25, -0.2) is 19.3 Å². The van der Waals surface area contributed by atoms with Gasteiger partial charge >= 0.3 is 0 Å². The number of aliphatic hydroxyl groups is 2. The first-order valence-corrected chi connectivity index (χ1v) is 11.0. The predicted molar refractivity (Wildman–Crippen MR) is 116 cm³/mol. The number of nitrogens with zero attached hydrogens (tertiary/aromatic N) is 5. The highest BCUT2D eigenvalue weighted by Crippen LogP contribution is 2.28. The summed E-state index contributed by atoms with van der Waals surface area (Å²) in [5.41, 5.74) is 0.943. The van der Waals surface area contributed by atoms with Crippen LogP contribution in [-0.2, 0) is 11.2 Å². The molecule has 1 aliphatic heterocycles. The fourth-order valence-corrected chi connectivity index (χ4v) is 4.36. The number of carbonyl (C=O) groups excluding carboxylic acids is 1. The SMILES string of the molecule is CCC(CO)(CO)C(=O)N1CCC[C@@H](Cc2ccnc(-c3cnc4ccc(F)cn34)n2)C1. The minimum absolute atomic E-state index is 0.189. The second-order valence-corrected chi connectivity index (χ2v) is 8.50. The van der Waals surface area contributed by atoms with E-state index < -0.39 is 5.41 Å². The lowest BCUT2D eigenvalue weighted by Crippen LogP contribution is -2.51. The summed E-state index contributed by atoms with van der Waals surface area (Å²) < 4.78 is 15.3. The molecule has 4 rings (SSSR count). The molecule has 2 N–H and O–H groups in total. The monoisotopic (exact) mass is 441 g/mol. The first kappa shape index (κ1) is 22.3. The number of carbonyl (C=O) groups is 1. The van der Waals surface area contributed by atoms with Crippen LogP contribution in [0.1, 0.15) is 31.9 Å². The normalized spacial score (nSPS) is 17.1. The van der Waals surface area contributed by atoms with Crippen molar-refractivity contribution in [2.24, 2.45) is 11.3 Å². The number of pyridine rings is 1. The fraction of sp³-hybridized carbons (Fsp3) is 0.478. The van der Waals surface area contributed by atoms with E-state index in [0.717, 1.165) is 18.5 Å². The first-order chi connectivity index (χ1) is 15.5. The van der Waals surface area contributed by atoms with Crippen LogP contribution in [0.3, 0.4) is 0 Å². The van der Waals surface area contributed by atoms with Crippen molar-refractivity contribution in [1.29, 1.82) is 0 Å². The molecule has 3 aromatic rings. The van der Waals surface area contributed by atoms with Gasteiger partial charge in [-0.1, -0.05) is 6.92 Å². The summed E-state index contributed by atoms with van der Waals surface area (Å²) in [7, 11) is 0. The molecule has 0 spiro atoms. The van der Waals surface area contributed by atoms with E-state index in [1.54, 1.807) is 34.7 Å². The molecule has 1 aliphatic rings. The maximum Gasteiger partial charge on any atom is 0.233 e. The highest BCUT2D eigenvalue weighted by molar-refractivity contribution is 5.83. The molecule has 32 heavy (non-hydrogen) atoms. The van der Waals surface area contributed by atoms with Gasteiger partial charge in [0, 0.05) is 31.2 Å². The highest BCUT2D eigenvalue weighted by Gasteiger charge is 2.40. The summed E-state index contributed by atoms with van der Waals surface area (Å²) >= 11 is 0. The van der Waals surface area contributed by atoms with Crippen molar-refractivity contribution in [1.82, 2.24) is 24.3 Å². The lowest BCUT2D eigenvalue weighted by atomic mass is 9.83. The molecule has 9 heteroatoms. The van der Waals surface area contributed by atoms with Crippen molar-refractivity contribution in [3.63, 3.8) is 0 Å². The first-order valence-electron chi connectivity index (χ1n) is 11.0. The Morgan fingerprint density at radius 2 is 2.06 bits per heavy atom. The van der Waals surface area contributed by atoms with Gasteiger partial charge in [0.2, 0.25) is 5.91 Å². The number of rotatable bonds is 7. The Morgan fingerprint density at radius 3 is 2.81 bits per heavy atom. The molecular weight excluding hydrogens is 413 g/mol. The number of amides is 1. The van der Waals surface area contributed by atoms with E-state index in [1.807, 2.05) is 6.07 Å². The van der Waals surface area contributed by atoms with Crippen LogP contribution in [0, 0.1) is 17.2 Å². The molecule has 0 bridgehead atoms. The van der Waals surface area contributed by atoms with Crippen LogP contribution in [0.15, 0.2) is 36.8 Å². The fourth-order valence-electron chi connectivity index (χ4n) is 4.36. The Labute approximate surface area is 185 Å². The third kappa shape index (κ3) is 4.22. The molecule has 1 amide bonds. The third-order valence-electron chi connectivity index (χ3n) is 6.45. The molecule has 1 atom stereocenters. The average molecular weight is 442 g/mol. The van der Waals surface area contributed by atoms with Gasteiger partial charge in [0.25, 0.3) is 0 Å². The number of piperidine rings is 1. The largest absolute Gasteiger partial charge is 0.395 e. The Bertz CT molecular complexity index is 1090.